The fourth-order valence-electron chi connectivity index (χ4n) is 7.04. The third-order valence-corrected chi connectivity index (χ3v) is 9.16. The molecule has 2 aliphatic carbocycles. The van der Waals surface area contributed by atoms with Crippen molar-refractivity contribution in [3.8, 4) is 0 Å². The lowest BCUT2D eigenvalue weighted by molar-refractivity contribution is -0.0683. The number of hydrogen-bond donors (Lipinski definition) is 2. The highest BCUT2D eigenvalue weighted by molar-refractivity contribution is 5.37. The Bertz CT molecular complexity index is 1320. The predicted molar refractivity (Wildman–Crippen MR) is 184 cm³/mol. The van der Waals surface area contributed by atoms with Gasteiger partial charge < -0.3 is 14.9 Å². The minimum atomic E-state index is -0.382. The highest BCUT2D eigenvalue weighted by Gasteiger charge is 2.50. The smallest absolute Gasteiger partial charge is 0.0982 e. The summed E-state index contributed by atoms with van der Waals surface area (Å²) < 4.78 is 6.46. The SMILES string of the molecule is CC1=CC(O)CC(C)(C)C1/C=C/C(C)=C\C=C/C(C)=C/C=C\C=C(C)\C=C\C=C(\C)C1C=C2C(C)(C)CC(O)CC2(C)O1. The van der Waals surface area contributed by atoms with Crippen LogP contribution in [-0.4, -0.2) is 34.1 Å². The minimum absolute atomic E-state index is 0.0467. The van der Waals surface area contributed by atoms with Crippen LogP contribution in [-0.2, 0) is 4.74 Å². The molecule has 0 saturated heterocycles. The normalized spacial score (nSPS) is 32.3. The molecular formula is C40H56O3. The van der Waals surface area contributed by atoms with Crippen molar-refractivity contribution < 1.29 is 14.9 Å². The Morgan fingerprint density at radius 2 is 1.30 bits per heavy atom. The van der Waals surface area contributed by atoms with E-state index in [1.54, 1.807) is 0 Å². The second-order valence-corrected chi connectivity index (χ2v) is 14.5. The Labute approximate surface area is 262 Å². The average molecular weight is 585 g/mol. The van der Waals surface area contributed by atoms with E-state index in [4.69, 9.17) is 4.74 Å². The van der Waals surface area contributed by atoms with Crippen LogP contribution < -0.4 is 0 Å². The van der Waals surface area contributed by atoms with Crippen LogP contribution >= 0.6 is 0 Å². The molecule has 3 rings (SSSR count). The van der Waals surface area contributed by atoms with E-state index in [1.165, 1.54) is 33.4 Å². The van der Waals surface area contributed by atoms with Gasteiger partial charge in [0.2, 0.25) is 0 Å². The molecular weight excluding hydrogens is 528 g/mol. The fourth-order valence-corrected chi connectivity index (χ4v) is 7.04. The minimum Gasteiger partial charge on any atom is -0.393 e. The van der Waals surface area contributed by atoms with E-state index in [-0.39, 0.29) is 34.7 Å². The largest absolute Gasteiger partial charge is 0.393 e. The molecule has 0 bridgehead atoms. The van der Waals surface area contributed by atoms with Gasteiger partial charge in [-0.3, -0.25) is 0 Å². The molecule has 0 aromatic rings. The highest BCUT2D eigenvalue weighted by atomic mass is 16.5. The molecule has 0 radical (unpaired) electrons. The molecule has 43 heavy (non-hydrogen) atoms. The standard InChI is InChI=1S/C40H56O3/c1-28(17-13-18-30(3)21-22-35-32(5)23-33(41)25-38(35,6)7)15-11-12-16-29(2)19-14-20-31(4)36-24-37-39(8,9)26-34(42)27-40(37,10)43-36/h11-24,33-36,41-42H,25-27H2,1-10H3/b12-11-,17-13-,19-14+,22-21+,28-15+,29-16+,30-18-,31-20-. The summed E-state index contributed by atoms with van der Waals surface area (Å²) in [5.41, 5.74) is 6.92. The summed E-state index contributed by atoms with van der Waals surface area (Å²) in [4.78, 5) is 0. The first-order chi connectivity index (χ1) is 20.0. The number of ether oxygens (including phenoxy) is 1. The molecule has 5 unspecified atom stereocenters. The summed E-state index contributed by atoms with van der Waals surface area (Å²) in [5.74, 6) is 0.344. The van der Waals surface area contributed by atoms with Crippen molar-refractivity contribution in [2.75, 3.05) is 0 Å². The van der Waals surface area contributed by atoms with Crippen molar-refractivity contribution in [3.05, 3.63) is 119 Å². The third-order valence-electron chi connectivity index (χ3n) is 9.16. The number of allylic oxidation sites excluding steroid dienone is 16. The van der Waals surface area contributed by atoms with Gasteiger partial charge in [0, 0.05) is 12.3 Å². The van der Waals surface area contributed by atoms with Crippen LogP contribution in [0.4, 0.5) is 0 Å². The zero-order valence-electron chi connectivity index (χ0n) is 28.3. The van der Waals surface area contributed by atoms with Crippen LogP contribution in [0.25, 0.3) is 0 Å². The Hall–Kier alpha value is -2.72. The number of hydrogen-bond acceptors (Lipinski definition) is 3. The summed E-state index contributed by atoms with van der Waals surface area (Å²) in [6, 6.07) is 0. The van der Waals surface area contributed by atoms with Crippen molar-refractivity contribution in [1.29, 1.82) is 0 Å². The quantitative estimate of drug-likeness (QED) is 0.210. The van der Waals surface area contributed by atoms with E-state index in [9.17, 15) is 10.2 Å². The molecule has 1 fully saturated rings. The molecule has 0 spiro atoms. The average Bonchev–Trinajstić information content (AvgIpc) is 3.23. The van der Waals surface area contributed by atoms with Gasteiger partial charge >= 0.3 is 0 Å². The van der Waals surface area contributed by atoms with Gasteiger partial charge in [0.05, 0.1) is 23.9 Å². The first-order valence-corrected chi connectivity index (χ1v) is 15.9. The predicted octanol–water partition coefficient (Wildman–Crippen LogP) is 9.61. The lowest BCUT2D eigenvalue weighted by atomic mass is 9.65. The number of fused-ring (bicyclic) bond motifs is 1. The van der Waals surface area contributed by atoms with E-state index >= 15 is 0 Å². The zero-order valence-corrected chi connectivity index (χ0v) is 28.3. The Balaban J connectivity index is 1.52. The maximum Gasteiger partial charge on any atom is 0.0982 e. The number of aliphatic hydroxyl groups excluding tert-OH is 2. The molecule has 1 saturated carbocycles. The summed E-state index contributed by atoms with van der Waals surface area (Å²) in [6.07, 6.45) is 31.3. The first kappa shape index (κ1) is 34.8. The summed E-state index contributed by atoms with van der Waals surface area (Å²) >= 11 is 0. The van der Waals surface area contributed by atoms with E-state index in [0.29, 0.717) is 12.3 Å². The Morgan fingerprint density at radius 1 is 0.744 bits per heavy atom. The maximum atomic E-state index is 10.4. The van der Waals surface area contributed by atoms with Crippen LogP contribution in [0, 0.1) is 16.7 Å². The summed E-state index contributed by atoms with van der Waals surface area (Å²) in [5, 5.41) is 20.5. The number of rotatable bonds is 9. The van der Waals surface area contributed by atoms with Crippen LogP contribution in [0.15, 0.2) is 119 Å². The molecule has 3 nitrogen and oxygen atoms in total. The van der Waals surface area contributed by atoms with Gasteiger partial charge in [-0.25, -0.2) is 0 Å². The molecule has 3 heteroatoms. The van der Waals surface area contributed by atoms with Crippen molar-refractivity contribution in [1.82, 2.24) is 0 Å². The van der Waals surface area contributed by atoms with Crippen molar-refractivity contribution in [2.24, 2.45) is 16.7 Å². The van der Waals surface area contributed by atoms with Gasteiger partial charge in [0.15, 0.2) is 0 Å². The molecule has 234 valence electrons. The summed E-state index contributed by atoms with van der Waals surface area (Å²) in [6.45, 7) is 21.6. The van der Waals surface area contributed by atoms with Gasteiger partial charge in [-0.1, -0.05) is 129 Å². The van der Waals surface area contributed by atoms with Gasteiger partial charge in [-0.05, 0) is 82.4 Å². The van der Waals surface area contributed by atoms with Gasteiger partial charge in [0.1, 0.15) is 0 Å². The lowest BCUT2D eigenvalue weighted by Crippen LogP contribution is -2.45. The van der Waals surface area contributed by atoms with E-state index in [1.807, 2.05) is 6.08 Å². The first-order valence-electron chi connectivity index (χ1n) is 15.9. The van der Waals surface area contributed by atoms with E-state index in [2.05, 4.69) is 148 Å². The highest BCUT2D eigenvalue weighted by Crippen LogP contribution is 2.52. The molecule has 0 aromatic heterocycles. The molecule has 1 aliphatic heterocycles. The molecule has 3 aliphatic rings. The van der Waals surface area contributed by atoms with Crippen LogP contribution in [0.3, 0.4) is 0 Å². The van der Waals surface area contributed by atoms with Gasteiger partial charge in [-0.15, -0.1) is 0 Å². The topological polar surface area (TPSA) is 49.7 Å². The zero-order chi connectivity index (χ0) is 32.0. The fraction of sp³-hybridized carbons (Fsp3) is 0.500. The molecule has 1 heterocycles. The van der Waals surface area contributed by atoms with Crippen molar-refractivity contribution in [3.63, 3.8) is 0 Å². The Morgan fingerprint density at radius 3 is 1.91 bits per heavy atom. The molecule has 0 aromatic carbocycles. The van der Waals surface area contributed by atoms with E-state index < -0.39 is 0 Å². The molecule has 2 N–H and O–H groups in total. The monoisotopic (exact) mass is 584 g/mol. The van der Waals surface area contributed by atoms with Crippen molar-refractivity contribution in [2.45, 2.75) is 112 Å². The second kappa shape index (κ2) is 14.4. The van der Waals surface area contributed by atoms with Crippen LogP contribution in [0.5, 0.6) is 0 Å². The van der Waals surface area contributed by atoms with Crippen LogP contribution in [0.2, 0.25) is 0 Å². The second-order valence-electron chi connectivity index (χ2n) is 14.5. The lowest BCUT2D eigenvalue weighted by Gasteiger charge is -2.44. The van der Waals surface area contributed by atoms with E-state index in [0.717, 1.165) is 12.8 Å². The van der Waals surface area contributed by atoms with Gasteiger partial charge in [-0.2, -0.15) is 0 Å². The molecule has 5 atom stereocenters. The van der Waals surface area contributed by atoms with Crippen LogP contribution in [0.1, 0.15) is 88.5 Å². The Kier molecular flexibility index (Phi) is 11.6. The number of aliphatic hydroxyl groups is 2. The summed E-state index contributed by atoms with van der Waals surface area (Å²) in [7, 11) is 0. The van der Waals surface area contributed by atoms with Crippen molar-refractivity contribution >= 4 is 0 Å². The maximum absolute atomic E-state index is 10.4. The van der Waals surface area contributed by atoms with Gasteiger partial charge in [0.25, 0.3) is 0 Å². The molecule has 0 amide bonds. The third kappa shape index (κ3) is 9.63.